The Bertz CT molecular complexity index is 1660. The predicted molar refractivity (Wildman–Crippen MR) is 143 cm³/mol. The van der Waals surface area contributed by atoms with Crippen LogP contribution in [0, 0.1) is 22.7 Å². The number of imidazole rings is 1. The molecule has 6 heteroatoms. The number of aliphatic hydroxyl groups is 1. The van der Waals surface area contributed by atoms with Crippen LogP contribution in [0.4, 0.5) is 0 Å². The topological polar surface area (TPSA) is 96.5 Å². The second kappa shape index (κ2) is 8.82. The molecule has 35 heavy (non-hydrogen) atoms. The van der Waals surface area contributed by atoms with Crippen LogP contribution < -0.4 is 0 Å². The Hall–Kier alpha value is -3.71. The molecule has 2 N–H and O–H groups in total. The van der Waals surface area contributed by atoms with Gasteiger partial charge in [0, 0.05) is 15.2 Å². The van der Waals surface area contributed by atoms with Crippen molar-refractivity contribution in [2.75, 3.05) is 0 Å². The number of nitriles is 2. The first-order valence-corrected chi connectivity index (χ1v) is 12.3. The quantitative estimate of drug-likeness (QED) is 0.240. The maximum Gasteiger partial charge on any atom is 0.141 e. The highest BCUT2D eigenvalue weighted by atomic mass is 79.9. The smallest absolute Gasteiger partial charge is 0.141 e. The molecule has 172 valence electrons. The van der Waals surface area contributed by atoms with Gasteiger partial charge in [0.2, 0.25) is 0 Å². The summed E-state index contributed by atoms with van der Waals surface area (Å²) in [5.41, 5.74) is 3.57. The number of rotatable bonds is 5. The molecule has 0 fully saturated rings. The largest absolute Gasteiger partial charge is 0.390 e. The number of fused-ring (bicyclic) bond motifs is 6. The normalized spacial score (nSPS) is 11.7. The summed E-state index contributed by atoms with van der Waals surface area (Å²) >= 11 is 3.62. The van der Waals surface area contributed by atoms with Crippen molar-refractivity contribution < 1.29 is 5.11 Å². The van der Waals surface area contributed by atoms with Crippen LogP contribution in [0.1, 0.15) is 43.4 Å². The van der Waals surface area contributed by atoms with Gasteiger partial charge in [0.1, 0.15) is 5.82 Å². The minimum Gasteiger partial charge on any atom is -0.390 e. The van der Waals surface area contributed by atoms with Crippen molar-refractivity contribution in [3.05, 3.63) is 75.8 Å². The maximum absolute atomic E-state index is 10.1. The molecule has 0 spiro atoms. The number of H-pyrrole nitrogens is 1. The van der Waals surface area contributed by atoms with Crippen molar-refractivity contribution in [1.29, 1.82) is 10.5 Å². The van der Waals surface area contributed by atoms with Gasteiger partial charge < -0.3 is 10.1 Å². The summed E-state index contributed by atoms with van der Waals surface area (Å²) in [6, 6.07) is 22.1. The standard InChI is InChI=1S/C29H23BrN4O/c1-29(2,35)12-4-5-17-8-10-21-23(13-17)24-14-20(30)9-11-22(24)27-26(21)33-28(34-27)25-18(15-31)6-3-7-19(25)16-32/h3,6-11,13-14,35H,4-5,12H2,1-2H3,(H,33,34). The Morgan fingerprint density at radius 1 is 0.943 bits per heavy atom. The van der Waals surface area contributed by atoms with Gasteiger partial charge in [-0.05, 0) is 73.7 Å². The molecule has 1 heterocycles. The highest BCUT2D eigenvalue weighted by Crippen LogP contribution is 2.38. The van der Waals surface area contributed by atoms with Crippen LogP contribution in [-0.4, -0.2) is 20.7 Å². The SMILES string of the molecule is CC(C)(O)CCCc1ccc2c(c1)c1cc(Br)ccc1c1nc(-c3c(C#N)cccc3C#N)[nH]c21. The van der Waals surface area contributed by atoms with Crippen molar-refractivity contribution >= 4 is 48.5 Å². The first-order chi connectivity index (χ1) is 16.8. The summed E-state index contributed by atoms with van der Waals surface area (Å²) in [7, 11) is 0. The van der Waals surface area contributed by atoms with Crippen molar-refractivity contribution in [1.82, 2.24) is 9.97 Å². The van der Waals surface area contributed by atoms with Crippen molar-refractivity contribution in [2.45, 2.75) is 38.7 Å². The lowest BCUT2D eigenvalue weighted by molar-refractivity contribution is 0.0689. The summed E-state index contributed by atoms with van der Waals surface area (Å²) in [6.07, 6.45) is 2.51. The van der Waals surface area contributed by atoms with E-state index in [9.17, 15) is 15.6 Å². The van der Waals surface area contributed by atoms with Gasteiger partial charge in [0.25, 0.3) is 0 Å². The Labute approximate surface area is 211 Å². The number of halogens is 1. The van der Waals surface area contributed by atoms with Crippen LogP contribution in [0.2, 0.25) is 0 Å². The van der Waals surface area contributed by atoms with E-state index in [0.717, 1.165) is 56.3 Å². The highest BCUT2D eigenvalue weighted by molar-refractivity contribution is 9.10. The van der Waals surface area contributed by atoms with Gasteiger partial charge in [0.05, 0.1) is 45.5 Å². The molecular formula is C29H23BrN4O. The van der Waals surface area contributed by atoms with Gasteiger partial charge in [-0.1, -0.05) is 46.3 Å². The number of aromatic amines is 1. The van der Waals surface area contributed by atoms with Gasteiger partial charge in [-0.15, -0.1) is 0 Å². The van der Waals surface area contributed by atoms with E-state index in [0.29, 0.717) is 22.5 Å². The van der Waals surface area contributed by atoms with Crippen LogP contribution in [0.3, 0.4) is 0 Å². The van der Waals surface area contributed by atoms with Crippen molar-refractivity contribution in [3.63, 3.8) is 0 Å². The van der Waals surface area contributed by atoms with Crippen molar-refractivity contribution in [3.8, 4) is 23.5 Å². The number of nitrogens with zero attached hydrogens (tertiary/aromatic N) is 3. The molecular weight excluding hydrogens is 500 g/mol. The molecule has 0 bridgehead atoms. The van der Waals surface area contributed by atoms with E-state index < -0.39 is 5.60 Å². The predicted octanol–water partition coefficient (Wildman–Crippen LogP) is 7.14. The van der Waals surface area contributed by atoms with E-state index in [1.807, 2.05) is 26.0 Å². The van der Waals surface area contributed by atoms with Crippen LogP contribution in [0.5, 0.6) is 0 Å². The fourth-order valence-corrected chi connectivity index (χ4v) is 5.09. The van der Waals surface area contributed by atoms with Gasteiger partial charge in [-0.25, -0.2) is 4.98 Å². The third-order valence-corrected chi connectivity index (χ3v) is 6.87. The summed E-state index contributed by atoms with van der Waals surface area (Å²) in [6.45, 7) is 3.68. The zero-order chi connectivity index (χ0) is 24.7. The molecule has 0 aliphatic rings. The van der Waals surface area contributed by atoms with Crippen LogP contribution in [-0.2, 0) is 6.42 Å². The number of hydrogen-bond acceptors (Lipinski definition) is 4. The highest BCUT2D eigenvalue weighted by Gasteiger charge is 2.19. The lowest BCUT2D eigenvalue weighted by atomic mass is 9.95. The molecule has 0 amide bonds. The van der Waals surface area contributed by atoms with E-state index in [1.54, 1.807) is 18.2 Å². The lowest BCUT2D eigenvalue weighted by Crippen LogP contribution is -2.18. The Morgan fingerprint density at radius 3 is 2.31 bits per heavy atom. The molecule has 5 rings (SSSR count). The summed E-state index contributed by atoms with van der Waals surface area (Å²) in [4.78, 5) is 8.34. The maximum atomic E-state index is 10.1. The Kier molecular flexibility index (Phi) is 5.81. The second-order valence-electron chi connectivity index (χ2n) is 9.50. The molecule has 0 atom stereocenters. The summed E-state index contributed by atoms with van der Waals surface area (Å²) in [5, 5.41) is 33.7. The van der Waals surface area contributed by atoms with Crippen LogP contribution in [0.15, 0.2) is 59.1 Å². The molecule has 5 nitrogen and oxygen atoms in total. The van der Waals surface area contributed by atoms with E-state index in [2.05, 4.69) is 57.3 Å². The van der Waals surface area contributed by atoms with E-state index in [-0.39, 0.29) is 0 Å². The lowest BCUT2D eigenvalue weighted by Gasteiger charge is -2.16. The molecule has 0 saturated carbocycles. The third-order valence-electron chi connectivity index (χ3n) is 6.38. The molecule has 0 saturated heterocycles. The Balaban J connectivity index is 1.76. The van der Waals surface area contributed by atoms with Gasteiger partial charge in [-0.2, -0.15) is 10.5 Å². The number of nitrogens with one attached hydrogen (secondary N) is 1. The van der Waals surface area contributed by atoms with Gasteiger partial charge in [-0.3, -0.25) is 0 Å². The third kappa shape index (κ3) is 4.28. The molecule has 0 radical (unpaired) electrons. The number of benzene rings is 4. The van der Waals surface area contributed by atoms with E-state index in [4.69, 9.17) is 4.98 Å². The summed E-state index contributed by atoms with van der Waals surface area (Å²) in [5.74, 6) is 0.514. The number of hydrogen-bond donors (Lipinski definition) is 2. The minimum absolute atomic E-state index is 0.411. The molecule has 0 aliphatic carbocycles. The average molecular weight is 523 g/mol. The van der Waals surface area contributed by atoms with E-state index in [1.165, 1.54) is 5.56 Å². The fourth-order valence-electron chi connectivity index (χ4n) is 4.73. The molecule has 5 aromatic rings. The number of aromatic nitrogens is 2. The fraction of sp³-hybridized carbons (Fsp3) is 0.207. The zero-order valence-electron chi connectivity index (χ0n) is 19.5. The Morgan fingerprint density at radius 2 is 1.63 bits per heavy atom. The average Bonchev–Trinajstić information content (AvgIpc) is 3.28. The first kappa shape index (κ1) is 23.1. The molecule has 1 aromatic heterocycles. The summed E-state index contributed by atoms with van der Waals surface area (Å²) < 4.78 is 0.982. The van der Waals surface area contributed by atoms with Crippen LogP contribution in [0.25, 0.3) is 44.0 Å². The monoisotopic (exact) mass is 522 g/mol. The zero-order valence-corrected chi connectivity index (χ0v) is 21.1. The molecule has 0 aliphatic heterocycles. The van der Waals surface area contributed by atoms with Crippen LogP contribution >= 0.6 is 15.9 Å². The molecule has 4 aromatic carbocycles. The second-order valence-corrected chi connectivity index (χ2v) is 10.4. The minimum atomic E-state index is -0.672. The molecule has 0 unspecified atom stereocenters. The van der Waals surface area contributed by atoms with Gasteiger partial charge in [0.15, 0.2) is 0 Å². The van der Waals surface area contributed by atoms with Gasteiger partial charge >= 0.3 is 0 Å². The first-order valence-electron chi connectivity index (χ1n) is 11.5. The van der Waals surface area contributed by atoms with Crippen molar-refractivity contribution in [2.24, 2.45) is 0 Å². The van der Waals surface area contributed by atoms with E-state index >= 15 is 0 Å². The number of aryl methyl sites for hydroxylation is 1.